The minimum absolute atomic E-state index is 0.0100. The molecule has 45 heavy (non-hydrogen) atoms. The Labute approximate surface area is 262 Å². The maximum Gasteiger partial charge on any atom is 0.342 e. The van der Waals surface area contributed by atoms with Crippen LogP contribution in [0.25, 0.3) is 0 Å². The van der Waals surface area contributed by atoms with Crippen LogP contribution in [0.3, 0.4) is 0 Å². The molecule has 0 unspecified atom stereocenters. The molecule has 0 N–H and O–H groups in total. The fourth-order valence-corrected chi connectivity index (χ4v) is 6.59. The Kier molecular flexibility index (Phi) is 8.83. The fraction of sp³-hybridized carbons (Fsp3) is 0.400. The largest absolute Gasteiger partial charge is 0.493 e. The first-order valence-electron chi connectivity index (χ1n) is 14.5. The van der Waals surface area contributed by atoms with Gasteiger partial charge in [0, 0.05) is 55.7 Å². The summed E-state index contributed by atoms with van der Waals surface area (Å²) in [4.78, 5) is 71.0. The normalized spacial score (nSPS) is 14.7. The smallest absolute Gasteiger partial charge is 0.342 e. The molecule has 2 aromatic rings. The molecule has 0 amide bonds. The predicted octanol–water partition coefficient (Wildman–Crippen LogP) is 6.15. The number of allylic oxidation sites excluding steroid dienone is 4. The molecule has 0 spiro atoms. The lowest BCUT2D eigenvalue weighted by atomic mass is 9.70. The molecule has 0 heterocycles. The number of esters is 1. The Morgan fingerprint density at radius 2 is 0.889 bits per heavy atom. The van der Waals surface area contributed by atoms with Crippen LogP contribution in [0.15, 0.2) is 22.3 Å². The quantitative estimate of drug-likeness (QED) is 0.317. The number of carbonyl (C=O) groups excluding carboxylic acids is 5. The third-order valence-corrected chi connectivity index (χ3v) is 8.54. The van der Waals surface area contributed by atoms with E-state index >= 15 is 0 Å². The predicted molar refractivity (Wildman–Crippen MR) is 166 cm³/mol. The summed E-state index contributed by atoms with van der Waals surface area (Å²) in [6.45, 7) is 11.9. The molecule has 2 aliphatic carbocycles. The van der Waals surface area contributed by atoms with Gasteiger partial charge in [-0.3, -0.25) is 19.2 Å². The number of methoxy groups -OCH3 is 5. The second kappa shape index (κ2) is 12.0. The van der Waals surface area contributed by atoms with E-state index in [1.165, 1.54) is 42.3 Å². The van der Waals surface area contributed by atoms with Gasteiger partial charge < -0.3 is 23.7 Å². The van der Waals surface area contributed by atoms with Gasteiger partial charge in [-0.25, -0.2) is 4.79 Å². The van der Waals surface area contributed by atoms with Gasteiger partial charge in [-0.15, -0.1) is 0 Å². The SMILES string of the molecule is COC(=O)c1c(OC)c(OC)c(C(C)C)c2c1C(=O)C(C1=C(C)C(=O)c3c(c(C)c(OC)c(OC)c3C(C)C)C1=O)=C(C)C2=O. The summed E-state index contributed by atoms with van der Waals surface area (Å²) in [5, 5.41) is 0. The van der Waals surface area contributed by atoms with Crippen molar-refractivity contribution in [3.63, 3.8) is 0 Å². The Bertz CT molecular complexity index is 1780. The lowest BCUT2D eigenvalue weighted by molar-refractivity contribution is 0.0592. The van der Waals surface area contributed by atoms with Crippen molar-refractivity contribution in [2.75, 3.05) is 35.5 Å². The number of hydrogen-bond donors (Lipinski definition) is 0. The molecular weight excluding hydrogens is 580 g/mol. The second-order valence-electron chi connectivity index (χ2n) is 11.6. The molecule has 0 saturated heterocycles. The molecule has 0 aromatic heterocycles. The molecule has 0 saturated carbocycles. The number of carbonyl (C=O) groups is 5. The zero-order valence-corrected chi connectivity index (χ0v) is 27.7. The molecule has 0 atom stereocenters. The number of fused-ring (bicyclic) bond motifs is 2. The highest BCUT2D eigenvalue weighted by molar-refractivity contribution is 6.39. The van der Waals surface area contributed by atoms with Crippen LogP contribution < -0.4 is 18.9 Å². The van der Waals surface area contributed by atoms with Gasteiger partial charge in [0.15, 0.2) is 46.1 Å². The first-order chi connectivity index (χ1) is 21.2. The van der Waals surface area contributed by atoms with Gasteiger partial charge in [-0.05, 0) is 32.6 Å². The molecule has 2 aromatic carbocycles. The highest BCUT2D eigenvalue weighted by Gasteiger charge is 2.46. The lowest BCUT2D eigenvalue weighted by Crippen LogP contribution is -2.33. The molecule has 10 nitrogen and oxygen atoms in total. The van der Waals surface area contributed by atoms with Crippen LogP contribution in [0, 0.1) is 6.92 Å². The van der Waals surface area contributed by atoms with Crippen molar-refractivity contribution in [3.05, 3.63) is 66.8 Å². The number of hydrogen-bond acceptors (Lipinski definition) is 10. The summed E-state index contributed by atoms with van der Waals surface area (Å²) in [6.07, 6.45) is 0. The molecule has 0 fully saturated rings. The Morgan fingerprint density at radius 1 is 0.511 bits per heavy atom. The summed E-state index contributed by atoms with van der Waals surface area (Å²) in [5.74, 6) is -3.32. The number of rotatable bonds is 8. The molecular formula is C35H38O10. The van der Waals surface area contributed by atoms with Crippen molar-refractivity contribution in [2.45, 2.75) is 60.3 Å². The summed E-state index contributed by atoms with van der Waals surface area (Å²) < 4.78 is 27.5. The Morgan fingerprint density at radius 3 is 1.27 bits per heavy atom. The van der Waals surface area contributed by atoms with Gasteiger partial charge in [0.05, 0.1) is 41.1 Å². The van der Waals surface area contributed by atoms with Crippen LogP contribution >= 0.6 is 0 Å². The van der Waals surface area contributed by atoms with Crippen LogP contribution in [-0.4, -0.2) is 64.7 Å². The van der Waals surface area contributed by atoms with Gasteiger partial charge in [0.2, 0.25) is 0 Å². The maximum absolute atomic E-state index is 14.7. The first kappa shape index (κ1) is 33.2. The first-order valence-corrected chi connectivity index (χ1v) is 14.5. The zero-order valence-electron chi connectivity index (χ0n) is 27.7. The average molecular weight is 619 g/mol. The van der Waals surface area contributed by atoms with Crippen LogP contribution in [0.1, 0.15) is 122 Å². The van der Waals surface area contributed by atoms with Crippen molar-refractivity contribution in [1.29, 1.82) is 0 Å². The Balaban J connectivity index is 2.16. The molecule has 0 bridgehead atoms. The highest BCUT2D eigenvalue weighted by atomic mass is 16.5. The minimum Gasteiger partial charge on any atom is -0.493 e. The van der Waals surface area contributed by atoms with Crippen molar-refractivity contribution in [3.8, 4) is 23.0 Å². The van der Waals surface area contributed by atoms with Crippen molar-refractivity contribution in [1.82, 2.24) is 0 Å². The molecule has 4 rings (SSSR count). The lowest BCUT2D eigenvalue weighted by Gasteiger charge is -2.31. The third-order valence-electron chi connectivity index (χ3n) is 8.54. The summed E-state index contributed by atoms with van der Waals surface area (Å²) in [6, 6.07) is 0. The molecule has 0 radical (unpaired) electrons. The van der Waals surface area contributed by atoms with E-state index in [9.17, 15) is 24.0 Å². The molecule has 0 aliphatic heterocycles. The second-order valence-corrected chi connectivity index (χ2v) is 11.6. The fourth-order valence-electron chi connectivity index (χ4n) is 6.59. The Hall–Kier alpha value is -4.73. The van der Waals surface area contributed by atoms with E-state index in [2.05, 4.69) is 0 Å². The van der Waals surface area contributed by atoms with E-state index < -0.39 is 29.1 Å². The van der Waals surface area contributed by atoms with Crippen LogP contribution in [0.4, 0.5) is 0 Å². The standard InChI is InChI=1S/C35H38O10/c1-13(2)18-23-22(17(7)31(41-8)32(18)42-9)29(38)20(15(5)27(23)36)21-16(6)28(37)24-19(14(3)4)33(43-10)34(44-11)26(35(40)45-12)25(24)30(21)39/h13-14H,1-12H3. The van der Waals surface area contributed by atoms with Crippen molar-refractivity contribution < 1.29 is 47.7 Å². The molecule has 238 valence electrons. The van der Waals surface area contributed by atoms with E-state index in [0.29, 0.717) is 22.4 Å². The highest BCUT2D eigenvalue weighted by Crippen LogP contribution is 2.50. The average Bonchev–Trinajstić information content (AvgIpc) is 3.01. The monoisotopic (exact) mass is 618 g/mol. The number of ether oxygens (including phenoxy) is 5. The zero-order chi connectivity index (χ0) is 33.8. The van der Waals surface area contributed by atoms with E-state index in [4.69, 9.17) is 23.7 Å². The van der Waals surface area contributed by atoms with Gasteiger partial charge in [0.1, 0.15) is 5.56 Å². The van der Waals surface area contributed by atoms with Crippen LogP contribution in [0.5, 0.6) is 23.0 Å². The number of Topliss-reactive ketones (excluding diaryl/α,β-unsaturated/α-hetero) is 4. The van der Waals surface area contributed by atoms with Gasteiger partial charge >= 0.3 is 5.97 Å². The van der Waals surface area contributed by atoms with Gasteiger partial charge in [0.25, 0.3) is 0 Å². The van der Waals surface area contributed by atoms with Crippen LogP contribution in [-0.2, 0) is 4.74 Å². The summed E-state index contributed by atoms with van der Waals surface area (Å²) in [5.41, 5.74) is 0.316. The van der Waals surface area contributed by atoms with Crippen molar-refractivity contribution in [2.24, 2.45) is 0 Å². The van der Waals surface area contributed by atoms with E-state index in [1.807, 2.05) is 27.7 Å². The van der Waals surface area contributed by atoms with Gasteiger partial charge in [-0.2, -0.15) is 0 Å². The third kappa shape index (κ3) is 4.57. The van der Waals surface area contributed by atoms with Crippen molar-refractivity contribution >= 4 is 29.1 Å². The molecule has 2 aliphatic rings. The van der Waals surface area contributed by atoms with E-state index in [0.717, 1.165) is 7.11 Å². The summed E-state index contributed by atoms with van der Waals surface area (Å²) >= 11 is 0. The van der Waals surface area contributed by atoms with E-state index in [-0.39, 0.29) is 79.2 Å². The number of ketones is 4. The van der Waals surface area contributed by atoms with Crippen LogP contribution in [0.2, 0.25) is 0 Å². The van der Waals surface area contributed by atoms with E-state index in [1.54, 1.807) is 6.92 Å². The van der Waals surface area contributed by atoms with Gasteiger partial charge in [-0.1, -0.05) is 27.7 Å². The topological polar surface area (TPSA) is 132 Å². The maximum atomic E-state index is 14.7. The molecule has 10 heteroatoms. The minimum atomic E-state index is -0.937. The number of benzene rings is 2. The summed E-state index contributed by atoms with van der Waals surface area (Å²) in [7, 11) is 6.72.